The average Bonchev–Trinajstić information content (AvgIpc) is 2.95. The summed E-state index contributed by atoms with van der Waals surface area (Å²) in [6.45, 7) is 12.7. The van der Waals surface area contributed by atoms with Gasteiger partial charge in [0.2, 0.25) is 0 Å². The van der Waals surface area contributed by atoms with E-state index in [2.05, 4.69) is 42.7 Å². The van der Waals surface area contributed by atoms with E-state index in [1.807, 2.05) is 0 Å². The fourth-order valence-corrected chi connectivity index (χ4v) is 3.75. The first kappa shape index (κ1) is 15.8. The SMILES string of the molecule is Cc1nc(N2CCOCC2)ccc1[C@@H]1CCCN1CC(C)C. The summed E-state index contributed by atoms with van der Waals surface area (Å²) in [5.74, 6) is 1.83. The molecular formula is C18H29N3O. The molecule has 2 saturated heterocycles. The highest BCUT2D eigenvalue weighted by atomic mass is 16.5. The molecule has 0 bridgehead atoms. The lowest BCUT2D eigenvalue weighted by Gasteiger charge is -2.30. The van der Waals surface area contributed by atoms with E-state index >= 15 is 0 Å². The van der Waals surface area contributed by atoms with Crippen molar-refractivity contribution in [2.75, 3.05) is 44.3 Å². The third-order valence-corrected chi connectivity index (χ3v) is 4.77. The van der Waals surface area contributed by atoms with Crippen LogP contribution in [0.3, 0.4) is 0 Å². The number of rotatable bonds is 4. The lowest BCUT2D eigenvalue weighted by Crippen LogP contribution is -2.37. The summed E-state index contributed by atoms with van der Waals surface area (Å²) in [6.07, 6.45) is 2.58. The summed E-state index contributed by atoms with van der Waals surface area (Å²) in [5, 5.41) is 0. The van der Waals surface area contributed by atoms with E-state index in [0.29, 0.717) is 6.04 Å². The number of aryl methyl sites for hydroxylation is 1. The molecule has 0 spiro atoms. The maximum absolute atomic E-state index is 5.43. The van der Waals surface area contributed by atoms with Crippen LogP contribution < -0.4 is 4.90 Å². The number of hydrogen-bond donors (Lipinski definition) is 0. The van der Waals surface area contributed by atoms with Gasteiger partial charge in [0.1, 0.15) is 5.82 Å². The molecule has 0 saturated carbocycles. The second-order valence-electron chi connectivity index (χ2n) is 6.99. The molecule has 0 N–H and O–H groups in total. The summed E-state index contributed by atoms with van der Waals surface area (Å²) in [7, 11) is 0. The zero-order valence-electron chi connectivity index (χ0n) is 14.2. The molecular weight excluding hydrogens is 274 g/mol. The van der Waals surface area contributed by atoms with Gasteiger partial charge in [-0.15, -0.1) is 0 Å². The van der Waals surface area contributed by atoms with Crippen molar-refractivity contribution in [3.05, 3.63) is 23.4 Å². The largest absolute Gasteiger partial charge is 0.378 e. The number of pyridine rings is 1. The Morgan fingerprint density at radius 1 is 1.23 bits per heavy atom. The molecule has 0 aliphatic carbocycles. The lowest BCUT2D eigenvalue weighted by atomic mass is 10.0. The van der Waals surface area contributed by atoms with Gasteiger partial charge in [0.15, 0.2) is 0 Å². The molecule has 22 heavy (non-hydrogen) atoms. The Balaban J connectivity index is 1.76. The van der Waals surface area contributed by atoms with Crippen molar-refractivity contribution in [1.82, 2.24) is 9.88 Å². The molecule has 1 aromatic heterocycles. The van der Waals surface area contributed by atoms with Gasteiger partial charge < -0.3 is 9.64 Å². The predicted octanol–water partition coefficient (Wildman–Crippen LogP) is 3.02. The van der Waals surface area contributed by atoms with E-state index in [1.54, 1.807) is 0 Å². The smallest absolute Gasteiger partial charge is 0.128 e. The average molecular weight is 303 g/mol. The molecule has 0 amide bonds. The fourth-order valence-electron chi connectivity index (χ4n) is 3.75. The second kappa shape index (κ2) is 6.97. The van der Waals surface area contributed by atoms with Crippen LogP contribution in [0.25, 0.3) is 0 Å². The number of ether oxygens (including phenoxy) is 1. The highest BCUT2D eigenvalue weighted by molar-refractivity contribution is 5.43. The van der Waals surface area contributed by atoms with Crippen LogP contribution in [0.15, 0.2) is 12.1 Å². The number of likely N-dealkylation sites (tertiary alicyclic amines) is 1. The Morgan fingerprint density at radius 3 is 2.68 bits per heavy atom. The Labute approximate surface area is 134 Å². The van der Waals surface area contributed by atoms with Crippen molar-refractivity contribution < 1.29 is 4.74 Å². The van der Waals surface area contributed by atoms with Gasteiger partial charge in [-0.05, 0) is 43.9 Å². The molecule has 4 nitrogen and oxygen atoms in total. The Morgan fingerprint density at radius 2 is 2.00 bits per heavy atom. The van der Waals surface area contributed by atoms with Crippen LogP contribution >= 0.6 is 0 Å². The van der Waals surface area contributed by atoms with Crippen LogP contribution in [0, 0.1) is 12.8 Å². The van der Waals surface area contributed by atoms with Gasteiger partial charge in [-0.1, -0.05) is 19.9 Å². The molecule has 3 rings (SSSR count). The minimum Gasteiger partial charge on any atom is -0.378 e. The van der Waals surface area contributed by atoms with E-state index in [9.17, 15) is 0 Å². The maximum atomic E-state index is 5.43. The van der Waals surface area contributed by atoms with E-state index < -0.39 is 0 Å². The standard InChI is InChI=1S/C18H29N3O/c1-14(2)13-21-8-4-5-17(21)16-6-7-18(19-15(16)3)20-9-11-22-12-10-20/h6-7,14,17H,4-5,8-13H2,1-3H3/t17-/m0/s1. The summed E-state index contributed by atoms with van der Waals surface area (Å²) in [4.78, 5) is 9.87. The first-order chi connectivity index (χ1) is 10.6. The summed E-state index contributed by atoms with van der Waals surface area (Å²) >= 11 is 0. The molecule has 2 fully saturated rings. The normalized spacial score (nSPS) is 23.5. The van der Waals surface area contributed by atoms with Crippen molar-refractivity contribution in [3.63, 3.8) is 0 Å². The van der Waals surface area contributed by atoms with Gasteiger partial charge in [0.25, 0.3) is 0 Å². The summed E-state index contributed by atoms with van der Waals surface area (Å²) in [5.41, 5.74) is 2.62. The van der Waals surface area contributed by atoms with Crippen LogP contribution in [-0.4, -0.2) is 49.3 Å². The number of morpholine rings is 1. The van der Waals surface area contributed by atoms with Crippen LogP contribution in [-0.2, 0) is 4.74 Å². The quantitative estimate of drug-likeness (QED) is 0.855. The van der Waals surface area contributed by atoms with Crippen molar-refractivity contribution >= 4 is 5.82 Å². The molecule has 1 aromatic rings. The predicted molar refractivity (Wildman–Crippen MR) is 90.4 cm³/mol. The molecule has 4 heteroatoms. The number of aromatic nitrogens is 1. The number of anilines is 1. The Hall–Kier alpha value is -1.13. The zero-order valence-corrected chi connectivity index (χ0v) is 14.2. The van der Waals surface area contributed by atoms with Crippen LogP contribution in [0.5, 0.6) is 0 Å². The van der Waals surface area contributed by atoms with Crippen molar-refractivity contribution in [3.8, 4) is 0 Å². The second-order valence-corrected chi connectivity index (χ2v) is 6.99. The summed E-state index contributed by atoms with van der Waals surface area (Å²) < 4.78 is 5.43. The van der Waals surface area contributed by atoms with Gasteiger partial charge in [-0.2, -0.15) is 0 Å². The minimum atomic E-state index is 0.564. The Kier molecular flexibility index (Phi) is 4.99. The third kappa shape index (κ3) is 3.44. The highest BCUT2D eigenvalue weighted by Crippen LogP contribution is 2.34. The van der Waals surface area contributed by atoms with Crippen LogP contribution in [0.2, 0.25) is 0 Å². The van der Waals surface area contributed by atoms with Gasteiger partial charge in [-0.25, -0.2) is 4.98 Å². The lowest BCUT2D eigenvalue weighted by molar-refractivity contribution is 0.122. The first-order valence-corrected chi connectivity index (χ1v) is 8.69. The molecule has 3 heterocycles. The monoisotopic (exact) mass is 303 g/mol. The van der Waals surface area contributed by atoms with Crippen LogP contribution in [0.4, 0.5) is 5.82 Å². The minimum absolute atomic E-state index is 0.564. The highest BCUT2D eigenvalue weighted by Gasteiger charge is 2.28. The number of nitrogens with zero attached hydrogens (tertiary/aromatic N) is 3. The van der Waals surface area contributed by atoms with E-state index in [1.165, 1.54) is 37.2 Å². The molecule has 2 aliphatic heterocycles. The van der Waals surface area contributed by atoms with Gasteiger partial charge in [-0.3, -0.25) is 4.90 Å². The van der Waals surface area contributed by atoms with E-state index in [0.717, 1.165) is 38.0 Å². The molecule has 0 radical (unpaired) electrons. The topological polar surface area (TPSA) is 28.6 Å². The van der Waals surface area contributed by atoms with Crippen molar-refractivity contribution in [2.45, 2.75) is 39.7 Å². The molecule has 0 aromatic carbocycles. The van der Waals surface area contributed by atoms with E-state index in [4.69, 9.17) is 9.72 Å². The Bertz CT molecular complexity index is 497. The summed E-state index contributed by atoms with van der Waals surface area (Å²) in [6, 6.07) is 5.09. The molecule has 2 aliphatic rings. The van der Waals surface area contributed by atoms with E-state index in [-0.39, 0.29) is 0 Å². The first-order valence-electron chi connectivity index (χ1n) is 8.69. The van der Waals surface area contributed by atoms with Gasteiger partial charge in [0, 0.05) is 31.4 Å². The molecule has 1 atom stereocenters. The number of hydrogen-bond acceptors (Lipinski definition) is 4. The van der Waals surface area contributed by atoms with Gasteiger partial charge in [0.05, 0.1) is 13.2 Å². The van der Waals surface area contributed by atoms with Crippen LogP contribution in [0.1, 0.15) is 44.0 Å². The molecule has 122 valence electrons. The van der Waals surface area contributed by atoms with Crippen molar-refractivity contribution in [2.24, 2.45) is 5.92 Å². The maximum Gasteiger partial charge on any atom is 0.128 e. The zero-order chi connectivity index (χ0) is 15.5. The fraction of sp³-hybridized carbons (Fsp3) is 0.722. The molecule has 0 unspecified atom stereocenters. The van der Waals surface area contributed by atoms with Gasteiger partial charge >= 0.3 is 0 Å². The third-order valence-electron chi connectivity index (χ3n) is 4.77. The van der Waals surface area contributed by atoms with Crippen molar-refractivity contribution in [1.29, 1.82) is 0 Å².